The Bertz CT molecular complexity index is 837. The van der Waals surface area contributed by atoms with Crippen molar-refractivity contribution in [2.24, 2.45) is 0 Å². The number of carbonyl (C=O) groups excluding carboxylic acids is 2. The largest absolute Gasteiger partial charge is 0.493 e. The van der Waals surface area contributed by atoms with Crippen LogP contribution in [0, 0.1) is 12.7 Å². The minimum Gasteiger partial charge on any atom is -0.493 e. The molecule has 0 aliphatic heterocycles. The molecule has 0 spiro atoms. The van der Waals surface area contributed by atoms with E-state index in [-0.39, 0.29) is 11.3 Å². The lowest BCUT2D eigenvalue weighted by Gasteiger charge is -2.15. The molecule has 144 valence electrons. The summed E-state index contributed by atoms with van der Waals surface area (Å²) in [5.74, 6) is -0.792. The van der Waals surface area contributed by atoms with Crippen molar-refractivity contribution >= 4 is 17.6 Å². The number of esters is 1. The highest BCUT2D eigenvalue weighted by molar-refractivity contribution is 5.97. The van der Waals surface area contributed by atoms with Gasteiger partial charge in [0.2, 0.25) is 0 Å². The lowest BCUT2D eigenvalue weighted by Crippen LogP contribution is -2.30. The lowest BCUT2D eigenvalue weighted by molar-refractivity contribution is -0.123. The van der Waals surface area contributed by atoms with E-state index in [1.807, 2.05) is 6.92 Å². The number of carbonyl (C=O) groups is 2. The first kappa shape index (κ1) is 20.2. The number of halogens is 1. The number of hydrogen-bond acceptors (Lipinski definition) is 5. The van der Waals surface area contributed by atoms with Crippen LogP contribution in [0.25, 0.3) is 0 Å². The Morgan fingerprint density at radius 3 is 2.52 bits per heavy atom. The van der Waals surface area contributed by atoms with E-state index in [1.54, 1.807) is 25.1 Å². The van der Waals surface area contributed by atoms with Gasteiger partial charge in [0, 0.05) is 5.69 Å². The molecule has 0 aliphatic carbocycles. The van der Waals surface area contributed by atoms with E-state index in [0.29, 0.717) is 23.7 Å². The van der Waals surface area contributed by atoms with E-state index < -0.39 is 23.8 Å². The van der Waals surface area contributed by atoms with Crippen LogP contribution < -0.4 is 14.8 Å². The summed E-state index contributed by atoms with van der Waals surface area (Å²) in [6.45, 7) is 5.35. The molecule has 0 saturated carbocycles. The molecule has 2 aromatic rings. The van der Waals surface area contributed by atoms with Crippen LogP contribution in [0.5, 0.6) is 11.5 Å². The third-order valence-electron chi connectivity index (χ3n) is 3.79. The SMILES string of the molecule is CCOc1ccc(C(=O)O[C@H](C)C(=O)Nc2ccc(C)c(F)c2)cc1OC. The number of benzene rings is 2. The van der Waals surface area contributed by atoms with Crippen molar-refractivity contribution in [1.82, 2.24) is 0 Å². The molecular formula is C20H22FNO5. The number of amides is 1. The van der Waals surface area contributed by atoms with Crippen LogP contribution in [0.3, 0.4) is 0 Å². The molecular weight excluding hydrogens is 353 g/mol. The van der Waals surface area contributed by atoms with Crippen LogP contribution in [0.2, 0.25) is 0 Å². The van der Waals surface area contributed by atoms with Gasteiger partial charge in [-0.3, -0.25) is 4.79 Å². The molecule has 2 rings (SSSR count). The van der Waals surface area contributed by atoms with E-state index in [2.05, 4.69) is 5.32 Å². The maximum absolute atomic E-state index is 13.6. The molecule has 0 aliphatic rings. The second-order valence-electron chi connectivity index (χ2n) is 5.80. The van der Waals surface area contributed by atoms with E-state index in [4.69, 9.17) is 14.2 Å². The Labute approximate surface area is 157 Å². The molecule has 1 N–H and O–H groups in total. The third kappa shape index (κ3) is 5.20. The average molecular weight is 375 g/mol. The predicted octanol–water partition coefficient (Wildman–Crippen LogP) is 3.73. The Morgan fingerprint density at radius 2 is 1.89 bits per heavy atom. The van der Waals surface area contributed by atoms with E-state index in [1.165, 1.54) is 32.2 Å². The first-order valence-electron chi connectivity index (χ1n) is 8.44. The van der Waals surface area contributed by atoms with Crippen LogP contribution in [0.4, 0.5) is 10.1 Å². The summed E-state index contributed by atoms with van der Waals surface area (Å²) in [7, 11) is 1.46. The zero-order chi connectivity index (χ0) is 20.0. The molecule has 7 heteroatoms. The zero-order valence-corrected chi connectivity index (χ0v) is 15.7. The van der Waals surface area contributed by atoms with Crippen molar-refractivity contribution < 1.29 is 28.2 Å². The Morgan fingerprint density at radius 1 is 1.15 bits per heavy atom. The molecule has 1 amide bonds. The minimum atomic E-state index is -1.07. The monoisotopic (exact) mass is 375 g/mol. The van der Waals surface area contributed by atoms with E-state index in [9.17, 15) is 14.0 Å². The van der Waals surface area contributed by atoms with Crippen LogP contribution in [0.15, 0.2) is 36.4 Å². The average Bonchev–Trinajstić information content (AvgIpc) is 2.65. The van der Waals surface area contributed by atoms with Gasteiger partial charge >= 0.3 is 5.97 Å². The third-order valence-corrected chi connectivity index (χ3v) is 3.79. The van der Waals surface area contributed by atoms with Gasteiger partial charge in [-0.25, -0.2) is 9.18 Å². The summed E-state index contributed by atoms with van der Waals surface area (Å²) in [4.78, 5) is 24.5. The Hall–Kier alpha value is -3.09. The summed E-state index contributed by atoms with van der Waals surface area (Å²) in [5.41, 5.74) is 0.974. The van der Waals surface area contributed by atoms with Crippen molar-refractivity contribution in [2.45, 2.75) is 26.9 Å². The molecule has 0 aromatic heterocycles. The van der Waals surface area contributed by atoms with Gasteiger partial charge in [0.15, 0.2) is 17.6 Å². The number of hydrogen-bond donors (Lipinski definition) is 1. The fourth-order valence-corrected chi connectivity index (χ4v) is 2.27. The highest BCUT2D eigenvalue weighted by atomic mass is 19.1. The van der Waals surface area contributed by atoms with Crippen LogP contribution in [-0.4, -0.2) is 31.7 Å². The fraction of sp³-hybridized carbons (Fsp3) is 0.300. The number of aryl methyl sites for hydroxylation is 1. The van der Waals surface area contributed by atoms with Crippen molar-refractivity contribution in [3.05, 3.63) is 53.3 Å². The standard InChI is InChI=1S/C20H22FNO5/c1-5-26-17-9-7-14(10-18(17)25-4)20(24)27-13(3)19(23)22-15-8-6-12(2)16(21)11-15/h6-11,13H,5H2,1-4H3,(H,22,23)/t13-/m1/s1. The smallest absolute Gasteiger partial charge is 0.339 e. The van der Waals surface area contributed by atoms with E-state index >= 15 is 0 Å². The number of ether oxygens (including phenoxy) is 3. The Kier molecular flexibility index (Phi) is 6.76. The van der Waals surface area contributed by atoms with Gasteiger partial charge in [-0.2, -0.15) is 0 Å². The summed E-state index contributed by atoms with van der Waals surface area (Å²) in [5, 5.41) is 2.51. The topological polar surface area (TPSA) is 73.9 Å². The Balaban J connectivity index is 2.03. The molecule has 0 saturated heterocycles. The summed E-state index contributed by atoms with van der Waals surface area (Å²) < 4.78 is 29.3. The predicted molar refractivity (Wildman–Crippen MR) is 98.8 cm³/mol. The van der Waals surface area contributed by atoms with Gasteiger partial charge in [0.25, 0.3) is 5.91 Å². The van der Waals surface area contributed by atoms with Gasteiger partial charge in [0.1, 0.15) is 5.82 Å². The quantitative estimate of drug-likeness (QED) is 0.747. The lowest BCUT2D eigenvalue weighted by atomic mass is 10.2. The molecule has 0 bridgehead atoms. The van der Waals surface area contributed by atoms with Crippen molar-refractivity contribution in [3.8, 4) is 11.5 Å². The van der Waals surface area contributed by atoms with Crippen molar-refractivity contribution in [3.63, 3.8) is 0 Å². The summed E-state index contributed by atoms with van der Waals surface area (Å²) >= 11 is 0. The molecule has 0 heterocycles. The maximum Gasteiger partial charge on any atom is 0.339 e. The maximum atomic E-state index is 13.6. The van der Waals surface area contributed by atoms with Gasteiger partial charge in [0.05, 0.1) is 19.3 Å². The number of methoxy groups -OCH3 is 1. The van der Waals surface area contributed by atoms with Gasteiger partial charge in [-0.1, -0.05) is 6.07 Å². The van der Waals surface area contributed by atoms with Crippen molar-refractivity contribution in [2.75, 3.05) is 19.0 Å². The second kappa shape index (κ2) is 9.02. The molecule has 0 radical (unpaired) electrons. The van der Waals surface area contributed by atoms with E-state index in [0.717, 1.165) is 0 Å². The van der Waals surface area contributed by atoms with Crippen LogP contribution >= 0.6 is 0 Å². The molecule has 2 aromatic carbocycles. The van der Waals surface area contributed by atoms with Gasteiger partial charge in [-0.15, -0.1) is 0 Å². The molecule has 27 heavy (non-hydrogen) atoms. The normalized spacial score (nSPS) is 11.4. The number of nitrogens with one attached hydrogen (secondary N) is 1. The summed E-state index contributed by atoms with van der Waals surface area (Å²) in [6, 6.07) is 8.93. The first-order chi connectivity index (χ1) is 12.8. The van der Waals surface area contributed by atoms with Crippen molar-refractivity contribution in [1.29, 1.82) is 0 Å². The number of rotatable bonds is 7. The minimum absolute atomic E-state index is 0.219. The van der Waals surface area contributed by atoms with Gasteiger partial charge < -0.3 is 19.5 Å². The highest BCUT2D eigenvalue weighted by Crippen LogP contribution is 2.28. The molecule has 0 fully saturated rings. The number of anilines is 1. The first-order valence-corrected chi connectivity index (χ1v) is 8.44. The van der Waals surface area contributed by atoms with Gasteiger partial charge in [-0.05, 0) is 56.7 Å². The molecule has 1 atom stereocenters. The van der Waals surface area contributed by atoms with Crippen LogP contribution in [-0.2, 0) is 9.53 Å². The molecule has 6 nitrogen and oxygen atoms in total. The van der Waals surface area contributed by atoms with Crippen LogP contribution in [0.1, 0.15) is 29.8 Å². The highest BCUT2D eigenvalue weighted by Gasteiger charge is 2.20. The molecule has 0 unspecified atom stereocenters. The zero-order valence-electron chi connectivity index (χ0n) is 15.7. The summed E-state index contributed by atoms with van der Waals surface area (Å²) in [6.07, 6.45) is -1.07. The fourth-order valence-electron chi connectivity index (χ4n) is 2.27. The second-order valence-corrected chi connectivity index (χ2v) is 5.80.